The fourth-order valence-electron chi connectivity index (χ4n) is 2.02. The van der Waals surface area contributed by atoms with Gasteiger partial charge in [0, 0.05) is 5.56 Å². The van der Waals surface area contributed by atoms with Crippen molar-refractivity contribution >= 4 is 21.8 Å². The summed E-state index contributed by atoms with van der Waals surface area (Å²) in [5.41, 5.74) is -3.14. The summed E-state index contributed by atoms with van der Waals surface area (Å²) in [5.74, 6) is -24.4. The predicted octanol–water partition coefficient (Wildman–Crippen LogP) is 5.29. The maximum atomic E-state index is 13.8. The van der Waals surface area contributed by atoms with E-state index in [2.05, 4.69) is 9.02 Å². The van der Waals surface area contributed by atoms with Gasteiger partial charge in [-0.05, 0) is 0 Å². The summed E-state index contributed by atoms with van der Waals surface area (Å²) in [5, 5.41) is -4.06. The van der Waals surface area contributed by atoms with Crippen LogP contribution in [0.3, 0.4) is 0 Å². The number of rotatable bonds is 10. The maximum Gasteiger partial charge on any atom is 0.478 e. The van der Waals surface area contributed by atoms with Gasteiger partial charge in [-0.2, -0.15) is 69.9 Å². The minimum atomic E-state index is -7.35. The summed E-state index contributed by atoms with van der Waals surface area (Å²) in [6, 6.07) is 4.48. The molecule has 37 heavy (non-hydrogen) atoms. The number of carbonyl (C=O) groups is 1. The zero-order chi connectivity index (χ0) is 29.3. The van der Waals surface area contributed by atoms with E-state index in [1.165, 1.54) is 6.07 Å². The van der Waals surface area contributed by atoms with E-state index in [9.17, 15) is 74.7 Å². The van der Waals surface area contributed by atoms with E-state index >= 15 is 0 Å². The highest BCUT2D eigenvalue weighted by Crippen LogP contribution is 2.54. The first-order valence-corrected chi connectivity index (χ1v) is 10.1. The molecule has 0 aliphatic carbocycles. The molecule has 1 rings (SSSR count). The molecular formula is C16H9F14NO5S. The third-order valence-electron chi connectivity index (χ3n) is 3.95. The molecule has 0 saturated heterocycles. The van der Waals surface area contributed by atoms with Gasteiger partial charge in [0.25, 0.3) is 0 Å². The van der Waals surface area contributed by atoms with Crippen LogP contribution in [0.2, 0.25) is 0 Å². The summed E-state index contributed by atoms with van der Waals surface area (Å²) in [7, 11) is -6.86. The lowest BCUT2D eigenvalue weighted by Crippen LogP contribution is -2.61. The van der Waals surface area contributed by atoms with Crippen molar-refractivity contribution in [1.29, 1.82) is 0 Å². The molecule has 0 atom stereocenters. The van der Waals surface area contributed by atoms with Gasteiger partial charge < -0.3 is 4.74 Å². The molecule has 6 nitrogen and oxygen atoms in total. The Morgan fingerprint density at radius 3 is 1.70 bits per heavy atom. The second-order valence-corrected chi connectivity index (χ2v) is 8.16. The van der Waals surface area contributed by atoms with E-state index in [1.54, 1.807) is 0 Å². The van der Waals surface area contributed by atoms with Crippen molar-refractivity contribution in [2.45, 2.75) is 41.8 Å². The molecule has 0 fully saturated rings. The van der Waals surface area contributed by atoms with Crippen molar-refractivity contribution in [1.82, 2.24) is 0 Å². The monoisotopic (exact) mass is 593 g/mol. The quantitative estimate of drug-likeness (QED) is 0.159. The molecule has 0 amide bonds. The largest absolute Gasteiger partial charge is 0.478 e. The molecule has 0 spiro atoms. The van der Waals surface area contributed by atoms with Gasteiger partial charge in [-0.1, -0.05) is 35.5 Å². The number of carbonyl (C=O) groups excluding carboxylic acids is 1. The fourth-order valence-corrected chi connectivity index (χ4v) is 2.55. The molecule has 0 N–H and O–H groups in total. The molecule has 1 aromatic carbocycles. The average Bonchev–Trinajstić information content (AvgIpc) is 2.72. The van der Waals surface area contributed by atoms with Crippen molar-refractivity contribution < 1.29 is 83.7 Å². The number of hydrogen-bond acceptors (Lipinski definition) is 6. The molecular weight excluding hydrogens is 584 g/mol. The third kappa shape index (κ3) is 6.53. The van der Waals surface area contributed by atoms with Crippen LogP contribution in [0.5, 0.6) is 0 Å². The van der Waals surface area contributed by atoms with E-state index in [-0.39, 0.29) is 0 Å². The van der Waals surface area contributed by atoms with Crippen molar-refractivity contribution in [2.75, 3.05) is 6.61 Å². The Morgan fingerprint density at radius 2 is 1.27 bits per heavy atom. The standard InChI is InChI=1S/C16H9F14NO5S/c17-11(18,14(24,25)15(26,27)16(28,29)30)6-7-35-10(32)13(22,23)37(33,34)36-31-9(12(19,20)21)8-4-2-1-3-5-8/h1-5H,6-7H2. The lowest BCUT2D eigenvalue weighted by atomic mass is 10.0. The normalized spacial score (nSPS) is 14.9. The maximum absolute atomic E-state index is 13.8. The van der Waals surface area contributed by atoms with Crippen molar-refractivity contribution in [3.05, 3.63) is 35.9 Å². The lowest BCUT2D eigenvalue weighted by molar-refractivity contribution is -0.397. The van der Waals surface area contributed by atoms with E-state index in [1.807, 2.05) is 5.16 Å². The zero-order valence-corrected chi connectivity index (χ0v) is 17.8. The SMILES string of the molecule is O=C(OCCC(F)(F)C(F)(F)C(F)(F)C(F)(F)F)C(F)(F)S(=O)(=O)ON=C(c1ccccc1)C(F)(F)F. The Balaban J connectivity index is 3.05. The summed E-state index contributed by atoms with van der Waals surface area (Å²) >= 11 is 0. The molecule has 0 saturated carbocycles. The summed E-state index contributed by atoms with van der Waals surface area (Å²) in [6.07, 6.45) is -15.7. The zero-order valence-electron chi connectivity index (χ0n) is 17.0. The topological polar surface area (TPSA) is 82.0 Å². The molecule has 1 aromatic rings. The average molecular weight is 593 g/mol. The first-order chi connectivity index (χ1) is 16.3. The van der Waals surface area contributed by atoms with Crippen LogP contribution in [0.4, 0.5) is 61.5 Å². The molecule has 21 heteroatoms. The number of alkyl halides is 14. The van der Waals surface area contributed by atoms with E-state index in [0.29, 0.717) is 12.1 Å². The van der Waals surface area contributed by atoms with Crippen LogP contribution < -0.4 is 0 Å². The van der Waals surface area contributed by atoms with Gasteiger partial charge in [-0.25, -0.2) is 4.79 Å². The van der Waals surface area contributed by atoms with Gasteiger partial charge in [0.15, 0.2) is 5.71 Å². The Morgan fingerprint density at radius 1 is 0.784 bits per heavy atom. The smallest absolute Gasteiger partial charge is 0.460 e. The van der Waals surface area contributed by atoms with Crippen LogP contribution in [0, 0.1) is 0 Å². The molecule has 0 unspecified atom stereocenters. The van der Waals surface area contributed by atoms with Gasteiger partial charge in [0.1, 0.15) is 0 Å². The fraction of sp³-hybridized carbons (Fsp3) is 0.500. The van der Waals surface area contributed by atoms with E-state index < -0.39 is 75.8 Å². The number of halogens is 14. The highest BCUT2D eigenvalue weighted by atomic mass is 32.2. The Hall–Kier alpha value is -2.87. The van der Waals surface area contributed by atoms with Crippen molar-refractivity contribution in [3.8, 4) is 0 Å². The summed E-state index contributed by atoms with van der Waals surface area (Å²) in [6.45, 7) is -2.48. The molecule has 0 bridgehead atoms. The number of oxime groups is 1. The predicted molar refractivity (Wildman–Crippen MR) is 90.5 cm³/mol. The van der Waals surface area contributed by atoms with Gasteiger partial charge in [-0.15, -0.1) is 0 Å². The van der Waals surface area contributed by atoms with Crippen molar-refractivity contribution in [2.24, 2.45) is 5.16 Å². The van der Waals surface area contributed by atoms with Crippen LogP contribution in [-0.2, 0) is 23.9 Å². The van der Waals surface area contributed by atoms with E-state index in [4.69, 9.17) is 0 Å². The Labute approximate surface area is 195 Å². The second kappa shape index (κ2) is 10.1. The Kier molecular flexibility index (Phi) is 8.80. The van der Waals surface area contributed by atoms with Crippen LogP contribution in [0.1, 0.15) is 12.0 Å². The first kappa shape index (κ1) is 32.2. The number of ether oxygens (including phenoxy) is 1. The molecule has 0 aromatic heterocycles. The highest BCUT2D eigenvalue weighted by Gasteiger charge is 2.81. The minimum Gasteiger partial charge on any atom is -0.460 e. The summed E-state index contributed by atoms with van der Waals surface area (Å²) < 4.78 is 210. The number of esters is 1. The number of nitrogens with zero attached hydrogens (tertiary/aromatic N) is 1. The van der Waals surface area contributed by atoms with Crippen LogP contribution in [0.15, 0.2) is 35.5 Å². The molecule has 0 heterocycles. The molecule has 212 valence electrons. The second-order valence-electron chi connectivity index (χ2n) is 6.59. The van der Waals surface area contributed by atoms with Gasteiger partial charge >= 0.3 is 51.5 Å². The number of benzene rings is 1. The summed E-state index contributed by atoms with van der Waals surface area (Å²) in [4.78, 5) is 11.3. The molecule has 0 aliphatic rings. The minimum absolute atomic E-state index is 0.674. The highest BCUT2D eigenvalue weighted by molar-refractivity contribution is 7.88. The molecule has 0 radical (unpaired) electrons. The van der Waals surface area contributed by atoms with Crippen LogP contribution >= 0.6 is 0 Å². The first-order valence-electron chi connectivity index (χ1n) is 8.72. The lowest BCUT2D eigenvalue weighted by Gasteiger charge is -2.33. The van der Waals surface area contributed by atoms with Crippen LogP contribution in [-0.4, -0.2) is 62.1 Å². The van der Waals surface area contributed by atoms with Gasteiger partial charge in [0.2, 0.25) is 0 Å². The molecule has 0 aliphatic heterocycles. The number of hydrogen-bond donors (Lipinski definition) is 0. The van der Waals surface area contributed by atoms with Gasteiger partial charge in [-0.3, -0.25) is 4.28 Å². The van der Waals surface area contributed by atoms with Gasteiger partial charge in [0.05, 0.1) is 13.0 Å². The van der Waals surface area contributed by atoms with Crippen molar-refractivity contribution in [3.63, 3.8) is 0 Å². The van der Waals surface area contributed by atoms with Crippen LogP contribution in [0.25, 0.3) is 0 Å². The third-order valence-corrected chi connectivity index (χ3v) is 5.02. The van der Waals surface area contributed by atoms with E-state index in [0.717, 1.165) is 12.1 Å². The Bertz CT molecular complexity index is 1100.